The Kier molecular flexibility index (Phi) is 3.56. The van der Waals surface area contributed by atoms with Crippen molar-refractivity contribution in [1.29, 1.82) is 0 Å². The molecular formula is C14H14N2O4. The molecule has 0 fully saturated rings. The second-order valence-corrected chi connectivity index (χ2v) is 4.36. The molecule has 0 saturated carbocycles. The van der Waals surface area contributed by atoms with Gasteiger partial charge in [-0.05, 0) is 37.6 Å². The molecule has 0 unspecified atom stereocenters. The Morgan fingerprint density at radius 3 is 2.55 bits per heavy atom. The number of hydrogen-bond donors (Lipinski definition) is 1. The number of H-pyrrole nitrogens is 1. The number of Topliss-reactive ketones (excluding diaryl/α,β-unsaturated/α-hetero) is 1. The molecule has 1 N–H and O–H groups in total. The number of ketones is 1. The van der Waals surface area contributed by atoms with Crippen LogP contribution in [0.1, 0.15) is 22.8 Å². The van der Waals surface area contributed by atoms with Gasteiger partial charge in [-0.15, -0.1) is 0 Å². The number of aryl methyl sites for hydroxylation is 1. The normalized spacial score (nSPS) is 10.3. The minimum absolute atomic E-state index is 0.0557. The molecule has 1 aromatic carbocycles. The lowest BCUT2D eigenvalue weighted by molar-refractivity contribution is 0.101. The number of benzene rings is 1. The number of methoxy groups -OCH3 is 1. The Labute approximate surface area is 114 Å². The van der Waals surface area contributed by atoms with Gasteiger partial charge in [0.2, 0.25) is 0 Å². The second-order valence-electron chi connectivity index (χ2n) is 4.36. The van der Waals surface area contributed by atoms with Crippen LogP contribution in [0.4, 0.5) is 0 Å². The standard InChI is InChI=1S/C14H14N2O4/c1-8-6-10(20-3)4-5-12(8)16-13(18)11(9(2)17)7-15-14(16)19/h4-7H,1-3H3,(H,15,19). The highest BCUT2D eigenvalue weighted by molar-refractivity contribution is 5.93. The summed E-state index contributed by atoms with van der Waals surface area (Å²) in [6, 6.07) is 4.96. The Balaban J connectivity index is 2.76. The van der Waals surface area contributed by atoms with E-state index in [9.17, 15) is 14.4 Å². The van der Waals surface area contributed by atoms with E-state index in [1.165, 1.54) is 14.0 Å². The number of rotatable bonds is 3. The average molecular weight is 274 g/mol. The fourth-order valence-electron chi connectivity index (χ4n) is 1.95. The predicted octanol–water partition coefficient (Wildman–Crippen LogP) is 1.05. The van der Waals surface area contributed by atoms with Gasteiger partial charge in [0, 0.05) is 6.20 Å². The summed E-state index contributed by atoms with van der Waals surface area (Å²) >= 11 is 0. The van der Waals surface area contributed by atoms with Crippen molar-refractivity contribution in [3.63, 3.8) is 0 Å². The van der Waals surface area contributed by atoms with E-state index in [4.69, 9.17) is 4.74 Å². The fourth-order valence-corrected chi connectivity index (χ4v) is 1.95. The Hall–Kier alpha value is -2.63. The van der Waals surface area contributed by atoms with Gasteiger partial charge >= 0.3 is 5.69 Å². The Bertz CT molecular complexity index is 786. The summed E-state index contributed by atoms with van der Waals surface area (Å²) in [5.74, 6) is 0.226. The van der Waals surface area contributed by atoms with E-state index >= 15 is 0 Å². The molecule has 0 bridgehead atoms. The van der Waals surface area contributed by atoms with Gasteiger partial charge in [-0.2, -0.15) is 0 Å². The first-order valence-electron chi connectivity index (χ1n) is 5.96. The summed E-state index contributed by atoms with van der Waals surface area (Å²) in [5, 5.41) is 0. The summed E-state index contributed by atoms with van der Waals surface area (Å²) in [6.07, 6.45) is 1.14. The maximum atomic E-state index is 12.2. The smallest absolute Gasteiger partial charge is 0.333 e. The molecule has 0 radical (unpaired) electrons. The van der Waals surface area contributed by atoms with Gasteiger partial charge in [-0.3, -0.25) is 9.59 Å². The van der Waals surface area contributed by atoms with E-state index in [1.54, 1.807) is 25.1 Å². The molecule has 6 heteroatoms. The molecule has 2 aromatic rings. The highest BCUT2D eigenvalue weighted by Crippen LogP contribution is 2.18. The van der Waals surface area contributed by atoms with Crippen molar-refractivity contribution < 1.29 is 9.53 Å². The number of ether oxygens (including phenoxy) is 1. The van der Waals surface area contributed by atoms with Gasteiger partial charge in [-0.25, -0.2) is 9.36 Å². The lowest BCUT2D eigenvalue weighted by atomic mass is 10.1. The molecule has 0 aliphatic carbocycles. The second kappa shape index (κ2) is 5.16. The zero-order valence-corrected chi connectivity index (χ0v) is 11.4. The van der Waals surface area contributed by atoms with Gasteiger partial charge in [0.05, 0.1) is 18.4 Å². The molecule has 0 amide bonds. The number of nitrogens with one attached hydrogen (secondary N) is 1. The maximum Gasteiger partial charge on any atom is 0.333 e. The topological polar surface area (TPSA) is 81.2 Å². The number of aromatic nitrogens is 2. The van der Waals surface area contributed by atoms with Crippen molar-refractivity contribution in [1.82, 2.24) is 9.55 Å². The largest absolute Gasteiger partial charge is 0.497 e. The lowest BCUT2D eigenvalue weighted by Gasteiger charge is -2.10. The molecule has 0 aliphatic rings. The predicted molar refractivity (Wildman–Crippen MR) is 74.0 cm³/mol. The number of carbonyl (C=O) groups is 1. The molecule has 1 aromatic heterocycles. The third-order valence-electron chi connectivity index (χ3n) is 3.00. The molecule has 6 nitrogen and oxygen atoms in total. The number of nitrogens with zero attached hydrogens (tertiary/aromatic N) is 1. The Morgan fingerprint density at radius 1 is 1.30 bits per heavy atom. The fraction of sp³-hybridized carbons (Fsp3) is 0.214. The van der Waals surface area contributed by atoms with Crippen LogP contribution in [-0.4, -0.2) is 22.4 Å². The van der Waals surface area contributed by atoms with E-state index in [0.29, 0.717) is 17.0 Å². The summed E-state index contributed by atoms with van der Waals surface area (Å²) in [5.41, 5.74) is -0.166. The van der Waals surface area contributed by atoms with Gasteiger partial charge < -0.3 is 9.72 Å². The number of aromatic amines is 1. The van der Waals surface area contributed by atoms with Crippen molar-refractivity contribution in [3.05, 3.63) is 56.4 Å². The van der Waals surface area contributed by atoms with E-state index in [0.717, 1.165) is 10.8 Å². The van der Waals surface area contributed by atoms with Crippen LogP contribution in [0, 0.1) is 6.92 Å². The van der Waals surface area contributed by atoms with Crippen LogP contribution in [0.25, 0.3) is 5.69 Å². The van der Waals surface area contributed by atoms with Crippen molar-refractivity contribution in [2.45, 2.75) is 13.8 Å². The van der Waals surface area contributed by atoms with Crippen LogP contribution in [0.15, 0.2) is 34.0 Å². The first-order valence-corrected chi connectivity index (χ1v) is 5.96. The zero-order valence-electron chi connectivity index (χ0n) is 11.4. The van der Waals surface area contributed by atoms with E-state index in [2.05, 4.69) is 4.98 Å². The quantitative estimate of drug-likeness (QED) is 0.848. The van der Waals surface area contributed by atoms with Gasteiger partial charge in [-0.1, -0.05) is 0 Å². The monoisotopic (exact) mass is 274 g/mol. The summed E-state index contributed by atoms with van der Waals surface area (Å²) in [4.78, 5) is 37.9. The maximum absolute atomic E-state index is 12.2. The van der Waals surface area contributed by atoms with Crippen LogP contribution < -0.4 is 16.0 Å². The third kappa shape index (κ3) is 2.27. The highest BCUT2D eigenvalue weighted by Gasteiger charge is 2.14. The van der Waals surface area contributed by atoms with Crippen LogP contribution in [0.3, 0.4) is 0 Å². The molecule has 1 heterocycles. The lowest BCUT2D eigenvalue weighted by Crippen LogP contribution is -2.36. The first kappa shape index (κ1) is 13.8. The summed E-state index contributed by atoms with van der Waals surface area (Å²) < 4.78 is 6.03. The molecule has 0 spiro atoms. The molecule has 0 aliphatic heterocycles. The SMILES string of the molecule is COc1ccc(-n2c(=O)[nH]cc(C(C)=O)c2=O)c(C)c1. The summed E-state index contributed by atoms with van der Waals surface area (Å²) in [7, 11) is 1.53. The van der Waals surface area contributed by atoms with Crippen LogP contribution in [0.2, 0.25) is 0 Å². The van der Waals surface area contributed by atoms with E-state index in [-0.39, 0.29) is 5.56 Å². The summed E-state index contributed by atoms with van der Waals surface area (Å²) in [6.45, 7) is 3.03. The number of carbonyl (C=O) groups excluding carboxylic acids is 1. The van der Waals surface area contributed by atoms with Crippen molar-refractivity contribution in [2.24, 2.45) is 0 Å². The highest BCUT2D eigenvalue weighted by atomic mass is 16.5. The van der Waals surface area contributed by atoms with Crippen LogP contribution in [-0.2, 0) is 0 Å². The van der Waals surface area contributed by atoms with E-state index in [1.807, 2.05) is 0 Å². The van der Waals surface area contributed by atoms with Gasteiger partial charge in [0.15, 0.2) is 5.78 Å². The van der Waals surface area contributed by atoms with Crippen molar-refractivity contribution >= 4 is 5.78 Å². The third-order valence-corrected chi connectivity index (χ3v) is 3.00. The minimum Gasteiger partial charge on any atom is -0.497 e. The first-order chi connectivity index (χ1) is 9.45. The zero-order chi connectivity index (χ0) is 14.9. The van der Waals surface area contributed by atoms with Crippen LogP contribution in [0.5, 0.6) is 5.75 Å². The molecule has 2 rings (SSSR count). The minimum atomic E-state index is -0.630. The van der Waals surface area contributed by atoms with Crippen LogP contribution >= 0.6 is 0 Å². The number of hydrogen-bond acceptors (Lipinski definition) is 4. The van der Waals surface area contributed by atoms with Gasteiger partial charge in [0.1, 0.15) is 5.75 Å². The van der Waals surface area contributed by atoms with Crippen molar-refractivity contribution in [2.75, 3.05) is 7.11 Å². The van der Waals surface area contributed by atoms with Gasteiger partial charge in [0.25, 0.3) is 5.56 Å². The van der Waals surface area contributed by atoms with Crippen molar-refractivity contribution in [3.8, 4) is 11.4 Å². The average Bonchev–Trinajstić information content (AvgIpc) is 2.40. The molecule has 0 saturated heterocycles. The Morgan fingerprint density at radius 2 is 2.00 bits per heavy atom. The van der Waals surface area contributed by atoms with E-state index < -0.39 is 17.0 Å². The molecule has 20 heavy (non-hydrogen) atoms. The molecule has 104 valence electrons. The molecular weight excluding hydrogens is 260 g/mol. The molecule has 0 atom stereocenters.